The van der Waals surface area contributed by atoms with Crippen molar-refractivity contribution in [1.82, 2.24) is 9.78 Å². The molecule has 0 saturated heterocycles. The number of hydrogen-bond donors (Lipinski definition) is 0. The van der Waals surface area contributed by atoms with Crippen LogP contribution in [-0.4, -0.2) is 22.4 Å². The van der Waals surface area contributed by atoms with Crippen LogP contribution in [0, 0.1) is 18.3 Å². The van der Waals surface area contributed by atoms with E-state index in [2.05, 4.69) is 5.10 Å². The van der Waals surface area contributed by atoms with Crippen molar-refractivity contribution in [3.63, 3.8) is 0 Å². The fraction of sp³-hybridized carbons (Fsp3) is 0.130. The molecule has 2 aromatic rings. The molecule has 0 spiro atoms. The van der Waals surface area contributed by atoms with Crippen molar-refractivity contribution in [2.24, 2.45) is 0 Å². The molecule has 0 saturated carbocycles. The molecule has 0 fully saturated rings. The van der Waals surface area contributed by atoms with Gasteiger partial charge in [-0.15, -0.1) is 0 Å². The van der Waals surface area contributed by atoms with E-state index >= 15 is 0 Å². The topological polar surface area (TPSA) is 85.0 Å². The summed E-state index contributed by atoms with van der Waals surface area (Å²) in [6.45, 7) is 3.88. The number of ether oxygens (including phenoxy) is 1. The van der Waals surface area contributed by atoms with Gasteiger partial charge in [0, 0.05) is 0 Å². The van der Waals surface area contributed by atoms with E-state index in [0.29, 0.717) is 22.3 Å². The second-order valence-corrected chi connectivity index (χ2v) is 6.59. The maximum atomic E-state index is 13.1. The van der Waals surface area contributed by atoms with Gasteiger partial charge < -0.3 is 4.74 Å². The molecule has 6 heteroatoms. The van der Waals surface area contributed by atoms with Gasteiger partial charge in [-0.2, -0.15) is 10.4 Å². The van der Waals surface area contributed by atoms with E-state index < -0.39 is 11.4 Å². The molecule has 0 bridgehead atoms. The SMILES string of the molecule is CCOC(=O)c1c2cccccc-2c2c(=O)c(C#N)nn(-c3ccc(C)cc3)c12. The summed E-state index contributed by atoms with van der Waals surface area (Å²) in [6.07, 6.45) is 0. The van der Waals surface area contributed by atoms with Crippen LogP contribution < -0.4 is 5.43 Å². The first-order valence-corrected chi connectivity index (χ1v) is 9.18. The van der Waals surface area contributed by atoms with Crippen LogP contribution in [0.15, 0.2) is 59.4 Å². The Morgan fingerprint density at radius 2 is 1.79 bits per heavy atom. The lowest BCUT2D eigenvalue weighted by Crippen LogP contribution is -2.17. The highest BCUT2D eigenvalue weighted by molar-refractivity contribution is 6.17. The van der Waals surface area contributed by atoms with Gasteiger partial charge >= 0.3 is 5.97 Å². The van der Waals surface area contributed by atoms with Gasteiger partial charge in [-0.05, 0) is 37.1 Å². The third-order valence-electron chi connectivity index (χ3n) is 4.77. The summed E-state index contributed by atoms with van der Waals surface area (Å²) < 4.78 is 6.78. The highest BCUT2D eigenvalue weighted by atomic mass is 16.5. The van der Waals surface area contributed by atoms with Crippen molar-refractivity contribution < 1.29 is 9.53 Å². The quantitative estimate of drug-likeness (QED) is 0.502. The third-order valence-corrected chi connectivity index (χ3v) is 4.77. The average molecular weight is 383 g/mol. The highest BCUT2D eigenvalue weighted by Crippen LogP contribution is 2.38. The van der Waals surface area contributed by atoms with Gasteiger partial charge in [0.25, 0.3) is 0 Å². The van der Waals surface area contributed by atoms with Gasteiger partial charge in [0.2, 0.25) is 11.1 Å². The number of aromatic nitrogens is 2. The molecule has 1 aromatic heterocycles. The number of benzene rings is 1. The number of aryl methyl sites for hydroxylation is 1. The van der Waals surface area contributed by atoms with Gasteiger partial charge in [0.1, 0.15) is 6.07 Å². The van der Waals surface area contributed by atoms with Crippen LogP contribution in [0.3, 0.4) is 0 Å². The predicted molar refractivity (Wildman–Crippen MR) is 109 cm³/mol. The minimum Gasteiger partial charge on any atom is -0.462 e. The number of nitriles is 1. The van der Waals surface area contributed by atoms with Gasteiger partial charge in [-0.25, -0.2) is 9.48 Å². The Hall–Kier alpha value is -3.98. The van der Waals surface area contributed by atoms with Crippen molar-refractivity contribution in [2.45, 2.75) is 13.8 Å². The first-order chi connectivity index (χ1) is 14.1. The van der Waals surface area contributed by atoms with E-state index in [4.69, 9.17) is 4.74 Å². The first-order valence-electron chi connectivity index (χ1n) is 9.18. The van der Waals surface area contributed by atoms with Crippen molar-refractivity contribution in [3.8, 4) is 22.9 Å². The average Bonchev–Trinajstić information content (AvgIpc) is 2.86. The molecule has 4 rings (SSSR count). The minimum absolute atomic E-state index is 0.199. The summed E-state index contributed by atoms with van der Waals surface area (Å²) in [5.74, 6) is -0.537. The molecule has 0 atom stereocenters. The maximum absolute atomic E-state index is 13.1. The number of hydrogen-bond acceptors (Lipinski definition) is 5. The Morgan fingerprint density at radius 1 is 1.10 bits per heavy atom. The molecule has 0 aliphatic heterocycles. The van der Waals surface area contributed by atoms with Crippen LogP contribution in [0.4, 0.5) is 0 Å². The molecule has 0 unspecified atom stereocenters. The number of carbonyl (C=O) groups excluding carboxylic acids is 1. The fourth-order valence-electron chi connectivity index (χ4n) is 3.47. The maximum Gasteiger partial charge on any atom is 0.340 e. The van der Waals surface area contributed by atoms with E-state index in [9.17, 15) is 14.9 Å². The van der Waals surface area contributed by atoms with Crippen LogP contribution in [-0.2, 0) is 4.74 Å². The summed E-state index contributed by atoms with van der Waals surface area (Å²) in [5.41, 5.74) is 2.74. The molecule has 1 heterocycles. The normalized spacial score (nSPS) is 10.8. The second kappa shape index (κ2) is 7.21. The van der Waals surface area contributed by atoms with Gasteiger partial charge in [0.05, 0.1) is 28.8 Å². The van der Waals surface area contributed by atoms with Crippen LogP contribution in [0.25, 0.3) is 27.7 Å². The number of fused-ring (bicyclic) bond motifs is 3. The van der Waals surface area contributed by atoms with Crippen LogP contribution in [0.2, 0.25) is 0 Å². The minimum atomic E-state index is -0.537. The molecule has 0 N–H and O–H groups in total. The predicted octanol–water partition coefficient (Wildman–Crippen LogP) is 3.85. The lowest BCUT2D eigenvalue weighted by molar-refractivity contribution is 0.0529. The molecule has 0 amide bonds. The van der Waals surface area contributed by atoms with Gasteiger partial charge in [-0.3, -0.25) is 4.79 Å². The van der Waals surface area contributed by atoms with E-state index in [1.807, 2.05) is 43.3 Å². The number of carbonyl (C=O) groups is 1. The number of rotatable bonds is 3. The van der Waals surface area contributed by atoms with Crippen LogP contribution in [0.5, 0.6) is 0 Å². The lowest BCUT2D eigenvalue weighted by Gasteiger charge is -2.10. The van der Waals surface area contributed by atoms with Crippen LogP contribution >= 0.6 is 0 Å². The lowest BCUT2D eigenvalue weighted by atomic mass is 10.1. The highest BCUT2D eigenvalue weighted by Gasteiger charge is 2.29. The summed E-state index contributed by atoms with van der Waals surface area (Å²) in [4.78, 5) is 26.0. The molecule has 0 radical (unpaired) electrons. The zero-order valence-electron chi connectivity index (χ0n) is 16.0. The summed E-state index contributed by atoms with van der Waals surface area (Å²) in [5, 5.41) is 14.0. The molecule has 2 aliphatic rings. The number of esters is 1. The van der Waals surface area contributed by atoms with Crippen molar-refractivity contribution in [1.29, 1.82) is 5.26 Å². The molecule has 6 nitrogen and oxygen atoms in total. The van der Waals surface area contributed by atoms with Crippen molar-refractivity contribution in [2.75, 3.05) is 6.61 Å². The van der Waals surface area contributed by atoms with Gasteiger partial charge in [-0.1, -0.05) is 48.0 Å². The molecule has 2 aliphatic carbocycles. The van der Waals surface area contributed by atoms with Crippen molar-refractivity contribution in [3.05, 3.63) is 81.6 Å². The Bertz CT molecular complexity index is 1310. The van der Waals surface area contributed by atoms with E-state index in [1.54, 1.807) is 31.2 Å². The fourth-order valence-corrected chi connectivity index (χ4v) is 3.47. The van der Waals surface area contributed by atoms with E-state index in [0.717, 1.165) is 5.56 Å². The monoisotopic (exact) mass is 383 g/mol. The molecule has 1 aromatic carbocycles. The largest absolute Gasteiger partial charge is 0.462 e. The Labute approximate surface area is 166 Å². The second-order valence-electron chi connectivity index (χ2n) is 6.59. The standard InChI is InChI=1S/C23H17N3O3/c1-3-29-23(28)20-17-8-6-4-5-7-16(17)19-21(20)26(25-18(13-24)22(19)27)15-11-9-14(2)10-12-15/h4-12H,3H2,1-2H3. The third kappa shape index (κ3) is 2.93. The van der Waals surface area contributed by atoms with E-state index in [-0.39, 0.29) is 23.3 Å². The zero-order chi connectivity index (χ0) is 20.5. The Morgan fingerprint density at radius 3 is 2.45 bits per heavy atom. The molecule has 29 heavy (non-hydrogen) atoms. The van der Waals surface area contributed by atoms with Crippen molar-refractivity contribution >= 4 is 16.9 Å². The van der Waals surface area contributed by atoms with E-state index in [1.165, 1.54) is 4.68 Å². The number of nitrogens with zero attached hydrogens (tertiary/aromatic N) is 3. The molecule has 142 valence electrons. The Kier molecular flexibility index (Phi) is 4.57. The van der Waals surface area contributed by atoms with Crippen LogP contribution in [0.1, 0.15) is 28.5 Å². The smallest absolute Gasteiger partial charge is 0.340 e. The summed E-state index contributed by atoms with van der Waals surface area (Å²) >= 11 is 0. The first kappa shape index (κ1) is 18.4. The van der Waals surface area contributed by atoms with Gasteiger partial charge in [0.15, 0.2) is 0 Å². The Balaban J connectivity index is 2.25. The summed E-state index contributed by atoms with van der Waals surface area (Å²) in [6, 6.07) is 18.3. The zero-order valence-corrected chi connectivity index (χ0v) is 16.0. The molecular formula is C23H17N3O3. The molecular weight excluding hydrogens is 366 g/mol. The summed E-state index contributed by atoms with van der Waals surface area (Å²) in [7, 11) is 0.